The Bertz CT molecular complexity index is 1080. The van der Waals surface area contributed by atoms with E-state index in [-0.39, 0.29) is 4.90 Å². The molecular weight excluding hydrogens is 441 g/mol. The Morgan fingerprint density at radius 3 is 2.46 bits per heavy atom. The number of benzene rings is 2. The minimum atomic E-state index is -3.78. The highest BCUT2D eigenvalue weighted by atomic mass is 35.5. The van der Waals surface area contributed by atoms with Crippen molar-refractivity contribution in [2.75, 3.05) is 11.2 Å². The molecule has 0 unspecified atom stereocenters. The number of rotatable bonds is 5. The summed E-state index contributed by atoms with van der Waals surface area (Å²) < 4.78 is 25.2. The molecule has 0 atom stereocenters. The Labute approximate surface area is 168 Å². The number of hydrazine groups is 1. The molecule has 0 spiro atoms. The van der Waals surface area contributed by atoms with Gasteiger partial charge in [0.1, 0.15) is 11.3 Å². The molecule has 2 N–H and O–H groups in total. The fourth-order valence-corrected chi connectivity index (χ4v) is 4.55. The zero-order chi connectivity index (χ0) is 18.9. The summed E-state index contributed by atoms with van der Waals surface area (Å²) in [5.74, 6) is -1.46. The van der Waals surface area contributed by atoms with Gasteiger partial charge in [0.25, 0.3) is 5.91 Å². The topological polar surface area (TPSA) is 88.2 Å². The number of fused-ring (bicyclic) bond motifs is 1. The molecule has 0 radical (unpaired) electrons. The smallest absolute Gasteiger partial charge is 0.253 e. The van der Waals surface area contributed by atoms with Crippen LogP contribution in [0.15, 0.2) is 41.3 Å². The Kier molecular flexibility index (Phi) is 5.59. The molecule has 3 rings (SSSR count). The van der Waals surface area contributed by atoms with Gasteiger partial charge in [0.05, 0.1) is 19.6 Å². The van der Waals surface area contributed by atoms with Crippen molar-refractivity contribution < 1.29 is 13.2 Å². The van der Waals surface area contributed by atoms with Gasteiger partial charge in [0.2, 0.25) is 5.13 Å². The van der Waals surface area contributed by atoms with Crippen LogP contribution < -0.4 is 10.9 Å². The number of anilines is 1. The van der Waals surface area contributed by atoms with Crippen LogP contribution >= 0.6 is 46.1 Å². The van der Waals surface area contributed by atoms with Crippen LogP contribution in [-0.2, 0) is 14.6 Å². The molecule has 2 aromatic carbocycles. The van der Waals surface area contributed by atoms with Crippen LogP contribution in [0.1, 0.15) is 0 Å². The Morgan fingerprint density at radius 2 is 1.77 bits per heavy atom. The van der Waals surface area contributed by atoms with Crippen LogP contribution in [0.2, 0.25) is 15.1 Å². The van der Waals surface area contributed by atoms with Crippen molar-refractivity contribution >= 4 is 77.2 Å². The first kappa shape index (κ1) is 19.2. The maximum absolute atomic E-state index is 12.2. The molecule has 1 amide bonds. The predicted octanol–water partition coefficient (Wildman–Crippen LogP) is 4.17. The van der Waals surface area contributed by atoms with E-state index < -0.39 is 21.5 Å². The monoisotopic (exact) mass is 449 g/mol. The van der Waals surface area contributed by atoms with Crippen molar-refractivity contribution in [2.24, 2.45) is 0 Å². The zero-order valence-electron chi connectivity index (χ0n) is 12.8. The molecule has 0 saturated heterocycles. The second kappa shape index (κ2) is 7.58. The summed E-state index contributed by atoms with van der Waals surface area (Å²) in [7, 11) is -3.78. The maximum Gasteiger partial charge on any atom is 0.253 e. The summed E-state index contributed by atoms with van der Waals surface area (Å²) in [6.45, 7) is 0. The minimum Gasteiger partial charge on any atom is -0.273 e. The fourth-order valence-electron chi connectivity index (χ4n) is 2.05. The third kappa shape index (κ3) is 4.21. The van der Waals surface area contributed by atoms with Gasteiger partial charge < -0.3 is 0 Å². The van der Waals surface area contributed by atoms with E-state index in [9.17, 15) is 13.2 Å². The number of halogens is 3. The van der Waals surface area contributed by atoms with Gasteiger partial charge in [-0.25, -0.2) is 13.4 Å². The van der Waals surface area contributed by atoms with Crippen LogP contribution in [0.5, 0.6) is 0 Å². The molecule has 3 aromatic rings. The number of thiazole rings is 1. The number of aromatic nitrogens is 1. The molecular formula is C15H10Cl3N3O3S2. The molecule has 0 aliphatic rings. The highest BCUT2D eigenvalue weighted by Gasteiger charge is 2.19. The van der Waals surface area contributed by atoms with Crippen molar-refractivity contribution in [2.45, 2.75) is 4.90 Å². The third-order valence-corrected chi connectivity index (χ3v) is 6.87. The molecule has 0 saturated carbocycles. The summed E-state index contributed by atoms with van der Waals surface area (Å²) >= 11 is 19.0. The van der Waals surface area contributed by atoms with Gasteiger partial charge in [-0.3, -0.25) is 15.6 Å². The standard InChI is InChI=1S/C15H10Cl3N3O3S2/c16-8-1-3-9(4-2-8)26(23,24)7-12(22)20-21-15-19-14-11(25-15)6-5-10(17)13(14)18/h1-6H,7H2,(H,19,21)(H,20,22). The van der Waals surface area contributed by atoms with Gasteiger partial charge in [-0.1, -0.05) is 46.1 Å². The zero-order valence-corrected chi connectivity index (χ0v) is 16.7. The molecule has 26 heavy (non-hydrogen) atoms. The van der Waals surface area contributed by atoms with E-state index in [2.05, 4.69) is 15.8 Å². The molecule has 0 bridgehead atoms. The number of sulfone groups is 1. The van der Waals surface area contributed by atoms with Crippen LogP contribution in [0, 0.1) is 0 Å². The first-order valence-corrected chi connectivity index (χ1v) is 10.6. The SMILES string of the molecule is O=C(CS(=O)(=O)c1ccc(Cl)cc1)NNc1nc2c(Cl)c(Cl)ccc2s1. The predicted molar refractivity (Wildman–Crippen MR) is 105 cm³/mol. The summed E-state index contributed by atoms with van der Waals surface area (Å²) in [4.78, 5) is 16.2. The van der Waals surface area contributed by atoms with E-state index in [0.29, 0.717) is 25.7 Å². The number of nitrogens with one attached hydrogen (secondary N) is 2. The molecule has 11 heteroatoms. The molecule has 6 nitrogen and oxygen atoms in total. The van der Waals surface area contributed by atoms with E-state index in [0.717, 1.165) is 4.70 Å². The van der Waals surface area contributed by atoms with Crippen LogP contribution in [0.3, 0.4) is 0 Å². The number of nitrogens with zero attached hydrogens (tertiary/aromatic N) is 1. The summed E-state index contributed by atoms with van der Waals surface area (Å²) in [5, 5.41) is 1.44. The van der Waals surface area contributed by atoms with Gasteiger partial charge in [0, 0.05) is 5.02 Å². The molecule has 136 valence electrons. The minimum absolute atomic E-state index is 0.0125. The number of amides is 1. The van der Waals surface area contributed by atoms with E-state index >= 15 is 0 Å². The third-order valence-electron chi connectivity index (χ3n) is 3.25. The lowest BCUT2D eigenvalue weighted by Crippen LogP contribution is -2.34. The van der Waals surface area contributed by atoms with Crippen molar-refractivity contribution in [3.63, 3.8) is 0 Å². The average Bonchev–Trinajstić information content (AvgIpc) is 3.00. The maximum atomic E-state index is 12.2. The van der Waals surface area contributed by atoms with Crippen LogP contribution in [0.25, 0.3) is 10.2 Å². The van der Waals surface area contributed by atoms with Gasteiger partial charge in [-0.2, -0.15) is 0 Å². The highest BCUT2D eigenvalue weighted by Crippen LogP contribution is 2.34. The van der Waals surface area contributed by atoms with Crippen LogP contribution in [0.4, 0.5) is 5.13 Å². The van der Waals surface area contributed by atoms with E-state index in [1.807, 2.05) is 0 Å². The average molecular weight is 451 g/mol. The van der Waals surface area contributed by atoms with Gasteiger partial charge in [-0.15, -0.1) is 0 Å². The lowest BCUT2D eigenvalue weighted by atomic mass is 10.3. The highest BCUT2D eigenvalue weighted by molar-refractivity contribution is 7.92. The molecule has 0 fully saturated rings. The number of hydrogen-bond acceptors (Lipinski definition) is 6. The van der Waals surface area contributed by atoms with Crippen molar-refractivity contribution in [1.29, 1.82) is 0 Å². The molecule has 1 aromatic heterocycles. The molecule has 0 aliphatic heterocycles. The number of carbonyl (C=O) groups is 1. The van der Waals surface area contributed by atoms with E-state index in [4.69, 9.17) is 34.8 Å². The van der Waals surface area contributed by atoms with E-state index in [1.54, 1.807) is 12.1 Å². The summed E-state index contributed by atoms with van der Waals surface area (Å²) in [6, 6.07) is 8.97. The van der Waals surface area contributed by atoms with Crippen molar-refractivity contribution in [1.82, 2.24) is 10.4 Å². The summed E-state index contributed by atoms with van der Waals surface area (Å²) in [6.07, 6.45) is 0. The van der Waals surface area contributed by atoms with Crippen LogP contribution in [-0.4, -0.2) is 25.1 Å². The molecule has 1 heterocycles. The first-order valence-electron chi connectivity index (χ1n) is 7.04. The first-order chi connectivity index (χ1) is 12.3. The summed E-state index contributed by atoms with van der Waals surface area (Å²) in [5.41, 5.74) is 5.39. The lowest BCUT2D eigenvalue weighted by molar-refractivity contribution is -0.118. The second-order valence-corrected chi connectivity index (χ2v) is 9.36. The normalized spacial score (nSPS) is 11.5. The number of carbonyl (C=O) groups excluding carboxylic acids is 1. The van der Waals surface area contributed by atoms with Gasteiger partial charge >= 0.3 is 0 Å². The Morgan fingerprint density at radius 1 is 1.08 bits per heavy atom. The Balaban J connectivity index is 1.67. The largest absolute Gasteiger partial charge is 0.273 e. The fraction of sp³-hybridized carbons (Fsp3) is 0.0667. The van der Waals surface area contributed by atoms with E-state index in [1.165, 1.54) is 35.6 Å². The van der Waals surface area contributed by atoms with Crippen molar-refractivity contribution in [3.8, 4) is 0 Å². The van der Waals surface area contributed by atoms with Gasteiger partial charge in [-0.05, 0) is 36.4 Å². The Hall–Kier alpha value is -1.58. The van der Waals surface area contributed by atoms with Crippen molar-refractivity contribution in [3.05, 3.63) is 51.5 Å². The molecule has 0 aliphatic carbocycles. The second-order valence-electron chi connectivity index (χ2n) is 5.11. The quantitative estimate of drug-likeness (QED) is 0.570. The van der Waals surface area contributed by atoms with Gasteiger partial charge in [0.15, 0.2) is 9.84 Å². The number of hydrogen-bond donors (Lipinski definition) is 2. The lowest BCUT2D eigenvalue weighted by Gasteiger charge is -2.07.